The van der Waals surface area contributed by atoms with Crippen LogP contribution in [0.25, 0.3) is 0 Å². The van der Waals surface area contributed by atoms with E-state index in [1.807, 2.05) is 33.2 Å². The Kier molecular flexibility index (Phi) is 5.41. The number of likely N-dealkylation sites (N-methyl/N-ethyl adjacent to an activating group) is 1. The van der Waals surface area contributed by atoms with Gasteiger partial charge in [0.25, 0.3) is 0 Å². The van der Waals surface area contributed by atoms with E-state index in [1.165, 1.54) is 0 Å². The first kappa shape index (κ1) is 17.2. The molecule has 0 unspecified atom stereocenters. The van der Waals surface area contributed by atoms with E-state index in [0.29, 0.717) is 19.6 Å². The first-order valence-corrected chi connectivity index (χ1v) is 9.28. The van der Waals surface area contributed by atoms with Crippen molar-refractivity contribution in [2.75, 3.05) is 50.9 Å². The van der Waals surface area contributed by atoms with Crippen LogP contribution in [0, 0.1) is 6.92 Å². The number of nitrogens with zero attached hydrogens (tertiary/aromatic N) is 4. The van der Waals surface area contributed by atoms with Gasteiger partial charge in [-0.25, -0.2) is 13.4 Å². The van der Waals surface area contributed by atoms with E-state index < -0.39 is 10.0 Å². The van der Waals surface area contributed by atoms with E-state index >= 15 is 0 Å². The SMILES string of the molecule is CCS(=O)(=O)N1CCN(CCN(C)C)c2nc(C)ccc2C1. The number of hydrogen-bond donors (Lipinski definition) is 0. The third kappa shape index (κ3) is 3.97. The van der Waals surface area contributed by atoms with Gasteiger partial charge in [0.05, 0.1) is 5.75 Å². The fourth-order valence-corrected chi connectivity index (χ4v) is 3.60. The maximum atomic E-state index is 12.2. The minimum absolute atomic E-state index is 0.138. The highest BCUT2D eigenvalue weighted by Gasteiger charge is 2.27. The smallest absolute Gasteiger partial charge is 0.214 e. The normalized spacial score (nSPS) is 16.7. The molecule has 7 heteroatoms. The zero-order valence-electron chi connectivity index (χ0n) is 13.9. The second kappa shape index (κ2) is 6.93. The standard InChI is InChI=1S/C15H26N4O2S/c1-5-22(20,21)19-11-10-18(9-8-17(3)4)15-14(12-19)7-6-13(2)16-15/h6-7H,5,8-12H2,1-4H3. The second-order valence-corrected chi connectivity index (χ2v) is 8.22. The Morgan fingerprint density at radius 2 is 2.00 bits per heavy atom. The molecule has 124 valence electrons. The topological polar surface area (TPSA) is 56.8 Å². The average molecular weight is 326 g/mol. The summed E-state index contributed by atoms with van der Waals surface area (Å²) >= 11 is 0. The molecule has 6 nitrogen and oxygen atoms in total. The summed E-state index contributed by atoms with van der Waals surface area (Å²) in [5, 5.41) is 0. The van der Waals surface area contributed by atoms with Gasteiger partial charge in [-0.2, -0.15) is 4.31 Å². The van der Waals surface area contributed by atoms with Crippen molar-refractivity contribution in [2.24, 2.45) is 0 Å². The van der Waals surface area contributed by atoms with E-state index in [2.05, 4.69) is 14.8 Å². The van der Waals surface area contributed by atoms with Gasteiger partial charge in [0.1, 0.15) is 5.82 Å². The lowest BCUT2D eigenvalue weighted by Crippen LogP contribution is -2.38. The Morgan fingerprint density at radius 1 is 1.27 bits per heavy atom. The van der Waals surface area contributed by atoms with Gasteiger partial charge < -0.3 is 9.80 Å². The minimum atomic E-state index is -3.18. The summed E-state index contributed by atoms with van der Waals surface area (Å²) in [6.45, 7) is 7.02. The molecule has 0 spiro atoms. The van der Waals surface area contributed by atoms with Crippen LogP contribution < -0.4 is 4.90 Å². The first-order valence-electron chi connectivity index (χ1n) is 7.67. The van der Waals surface area contributed by atoms with Gasteiger partial charge in [-0.15, -0.1) is 0 Å². The van der Waals surface area contributed by atoms with Gasteiger partial charge in [0.2, 0.25) is 10.0 Å². The summed E-state index contributed by atoms with van der Waals surface area (Å²) in [4.78, 5) is 8.99. The summed E-state index contributed by atoms with van der Waals surface area (Å²) < 4.78 is 26.1. The highest BCUT2D eigenvalue weighted by molar-refractivity contribution is 7.89. The predicted molar refractivity (Wildman–Crippen MR) is 89.6 cm³/mol. The number of fused-ring (bicyclic) bond motifs is 1. The molecule has 0 bridgehead atoms. The van der Waals surface area contributed by atoms with E-state index in [0.717, 1.165) is 30.2 Å². The van der Waals surface area contributed by atoms with Crippen LogP contribution in [-0.2, 0) is 16.6 Å². The number of rotatable bonds is 5. The molecule has 2 heterocycles. The highest BCUT2D eigenvalue weighted by Crippen LogP contribution is 2.24. The van der Waals surface area contributed by atoms with Crippen molar-refractivity contribution in [2.45, 2.75) is 20.4 Å². The van der Waals surface area contributed by atoms with Crippen molar-refractivity contribution < 1.29 is 8.42 Å². The molecule has 1 aromatic heterocycles. The third-order valence-corrected chi connectivity index (χ3v) is 5.76. The van der Waals surface area contributed by atoms with Gasteiger partial charge in [0.15, 0.2) is 0 Å². The van der Waals surface area contributed by atoms with Gasteiger partial charge in [-0.05, 0) is 34.0 Å². The van der Waals surface area contributed by atoms with E-state index in [-0.39, 0.29) is 5.75 Å². The molecular formula is C15H26N4O2S. The van der Waals surface area contributed by atoms with Crippen LogP contribution in [0.15, 0.2) is 12.1 Å². The molecule has 0 aliphatic carbocycles. The Labute approximate surface area is 133 Å². The molecule has 0 radical (unpaired) electrons. The molecule has 0 saturated carbocycles. The molecule has 1 aliphatic rings. The van der Waals surface area contributed by atoms with Gasteiger partial charge in [-0.3, -0.25) is 0 Å². The van der Waals surface area contributed by atoms with Crippen LogP contribution in [-0.4, -0.2) is 68.6 Å². The zero-order chi connectivity index (χ0) is 16.3. The maximum absolute atomic E-state index is 12.2. The van der Waals surface area contributed by atoms with Crippen LogP contribution >= 0.6 is 0 Å². The zero-order valence-corrected chi connectivity index (χ0v) is 14.7. The molecule has 0 aromatic carbocycles. The van der Waals surface area contributed by atoms with Crippen LogP contribution in [0.3, 0.4) is 0 Å². The van der Waals surface area contributed by atoms with E-state index in [4.69, 9.17) is 0 Å². The average Bonchev–Trinajstić information content (AvgIpc) is 2.64. The van der Waals surface area contributed by atoms with E-state index in [9.17, 15) is 8.42 Å². The summed E-state index contributed by atoms with van der Waals surface area (Å²) in [6.07, 6.45) is 0. The molecule has 22 heavy (non-hydrogen) atoms. The molecule has 1 aliphatic heterocycles. The van der Waals surface area contributed by atoms with Crippen molar-refractivity contribution in [1.82, 2.24) is 14.2 Å². The fraction of sp³-hybridized carbons (Fsp3) is 0.667. The first-order chi connectivity index (χ1) is 10.3. The number of aromatic nitrogens is 1. The number of hydrogen-bond acceptors (Lipinski definition) is 5. The largest absolute Gasteiger partial charge is 0.354 e. The lowest BCUT2D eigenvalue weighted by atomic mass is 10.2. The van der Waals surface area contributed by atoms with Gasteiger partial charge >= 0.3 is 0 Å². The molecule has 0 fully saturated rings. The number of pyridine rings is 1. The van der Waals surface area contributed by atoms with Gasteiger partial charge in [0, 0.05) is 44.0 Å². The number of aryl methyl sites for hydroxylation is 1. The Morgan fingerprint density at radius 3 is 2.64 bits per heavy atom. The molecule has 1 aromatic rings. The monoisotopic (exact) mass is 326 g/mol. The quantitative estimate of drug-likeness (QED) is 0.805. The third-order valence-electron chi connectivity index (χ3n) is 3.94. The lowest BCUT2D eigenvalue weighted by molar-refractivity contribution is 0.400. The van der Waals surface area contributed by atoms with Crippen molar-refractivity contribution in [3.8, 4) is 0 Å². The predicted octanol–water partition coefficient (Wildman–Crippen LogP) is 0.923. The van der Waals surface area contributed by atoms with Crippen molar-refractivity contribution in [3.05, 3.63) is 23.4 Å². The van der Waals surface area contributed by atoms with Crippen LogP contribution in [0.5, 0.6) is 0 Å². The second-order valence-electron chi connectivity index (χ2n) is 5.96. The molecule has 0 amide bonds. The van der Waals surface area contributed by atoms with Crippen molar-refractivity contribution in [1.29, 1.82) is 0 Å². The summed E-state index contributed by atoms with van der Waals surface area (Å²) in [7, 11) is 0.892. The van der Waals surface area contributed by atoms with Crippen LogP contribution in [0.1, 0.15) is 18.2 Å². The lowest BCUT2D eigenvalue weighted by Gasteiger charge is -2.25. The summed E-state index contributed by atoms with van der Waals surface area (Å²) in [6, 6.07) is 3.95. The molecular weight excluding hydrogens is 300 g/mol. The van der Waals surface area contributed by atoms with Crippen molar-refractivity contribution >= 4 is 15.8 Å². The Hall–Kier alpha value is -1.18. The number of anilines is 1. The Balaban J connectivity index is 2.32. The van der Waals surface area contributed by atoms with Crippen molar-refractivity contribution in [3.63, 3.8) is 0 Å². The van der Waals surface area contributed by atoms with E-state index in [1.54, 1.807) is 11.2 Å². The molecule has 0 N–H and O–H groups in total. The highest BCUT2D eigenvalue weighted by atomic mass is 32.2. The Bertz CT molecular complexity index is 616. The minimum Gasteiger partial charge on any atom is -0.354 e. The van der Waals surface area contributed by atoms with Crippen LogP contribution in [0.2, 0.25) is 0 Å². The molecule has 0 atom stereocenters. The molecule has 0 saturated heterocycles. The van der Waals surface area contributed by atoms with Crippen LogP contribution in [0.4, 0.5) is 5.82 Å². The fourth-order valence-electron chi connectivity index (χ4n) is 2.53. The number of sulfonamides is 1. The molecule has 2 rings (SSSR count). The van der Waals surface area contributed by atoms with Gasteiger partial charge in [-0.1, -0.05) is 6.07 Å². The summed E-state index contributed by atoms with van der Waals surface area (Å²) in [5.41, 5.74) is 1.94. The summed E-state index contributed by atoms with van der Waals surface area (Å²) in [5.74, 6) is 1.06. The maximum Gasteiger partial charge on any atom is 0.214 e.